The van der Waals surface area contributed by atoms with Gasteiger partial charge in [-0.15, -0.1) is 0 Å². The van der Waals surface area contributed by atoms with Crippen molar-refractivity contribution in [3.63, 3.8) is 0 Å². The molecule has 0 aliphatic heterocycles. The van der Waals surface area contributed by atoms with E-state index in [1.807, 2.05) is 6.92 Å². The number of nitrogens with zero attached hydrogens (tertiary/aromatic N) is 1. The summed E-state index contributed by atoms with van der Waals surface area (Å²) in [6, 6.07) is 0. The van der Waals surface area contributed by atoms with E-state index in [9.17, 15) is 4.79 Å². The van der Waals surface area contributed by atoms with Crippen molar-refractivity contribution >= 4 is 12.0 Å². The summed E-state index contributed by atoms with van der Waals surface area (Å²) in [6.07, 6.45) is 4.69. The molecule has 64 valence electrons. The number of aromatic nitrogens is 1. The molecule has 0 bridgehead atoms. The van der Waals surface area contributed by atoms with Crippen LogP contribution in [0.25, 0.3) is 6.08 Å². The summed E-state index contributed by atoms with van der Waals surface area (Å²) in [6.45, 7) is 1.84. The maximum Gasteiger partial charge on any atom is 0.360 e. The normalized spacial score (nSPS) is 10.5. The smallest absolute Gasteiger partial charge is 0.360 e. The first-order chi connectivity index (χ1) is 5.77. The molecular weight excluding hydrogens is 158 g/mol. The Morgan fingerprint density at radius 3 is 3.08 bits per heavy atom. The van der Waals surface area contributed by atoms with Gasteiger partial charge in [0.1, 0.15) is 6.26 Å². The van der Waals surface area contributed by atoms with Crippen LogP contribution in [0, 0.1) is 0 Å². The van der Waals surface area contributed by atoms with Gasteiger partial charge in [0.15, 0.2) is 5.69 Å². The molecule has 0 saturated heterocycles. The van der Waals surface area contributed by atoms with Gasteiger partial charge in [-0.2, -0.15) is 0 Å². The van der Waals surface area contributed by atoms with Crippen LogP contribution in [-0.4, -0.2) is 18.1 Å². The molecule has 0 unspecified atom stereocenters. The Hall–Kier alpha value is -1.58. The Balaban J connectivity index is 2.84. The molecule has 0 atom stereocenters. The highest BCUT2D eigenvalue weighted by Gasteiger charge is 2.09. The van der Waals surface area contributed by atoms with Gasteiger partial charge in [0.2, 0.25) is 5.89 Å². The van der Waals surface area contributed by atoms with Gasteiger partial charge in [0.25, 0.3) is 0 Å². The maximum atomic E-state index is 10.9. The lowest BCUT2D eigenvalue weighted by Crippen LogP contribution is -2.00. The first-order valence-corrected chi connectivity index (χ1v) is 3.44. The number of hydrogen-bond donors (Lipinski definition) is 0. The third-order valence-corrected chi connectivity index (χ3v) is 1.23. The second kappa shape index (κ2) is 3.71. The van der Waals surface area contributed by atoms with Gasteiger partial charge in [-0.05, 0) is 13.0 Å². The summed E-state index contributed by atoms with van der Waals surface area (Å²) in [5, 5.41) is 0. The number of carbonyl (C=O) groups excluding carboxylic acids is 1. The van der Waals surface area contributed by atoms with E-state index in [1.165, 1.54) is 13.4 Å². The summed E-state index contributed by atoms with van der Waals surface area (Å²) < 4.78 is 9.37. The molecule has 4 heteroatoms. The van der Waals surface area contributed by atoms with Crippen molar-refractivity contribution in [3.05, 3.63) is 23.9 Å². The fraction of sp³-hybridized carbons (Fsp3) is 0.250. The van der Waals surface area contributed by atoms with Crippen LogP contribution in [-0.2, 0) is 4.74 Å². The van der Waals surface area contributed by atoms with Crippen LogP contribution in [0.1, 0.15) is 23.3 Å². The van der Waals surface area contributed by atoms with E-state index in [1.54, 1.807) is 12.2 Å². The van der Waals surface area contributed by atoms with Crippen LogP contribution in [0.4, 0.5) is 0 Å². The molecule has 0 N–H and O–H groups in total. The van der Waals surface area contributed by atoms with Crippen LogP contribution in [0.5, 0.6) is 0 Å². The number of oxazole rings is 1. The predicted octanol–water partition coefficient (Wildman–Crippen LogP) is 1.49. The molecular formula is C8H9NO3. The monoisotopic (exact) mass is 167 g/mol. The SMILES string of the molecule is C/C=C/c1nc(C(=O)OC)co1. The number of rotatable bonds is 2. The van der Waals surface area contributed by atoms with Crippen molar-refractivity contribution in [2.75, 3.05) is 7.11 Å². The second-order valence-corrected chi connectivity index (χ2v) is 2.06. The highest BCUT2D eigenvalue weighted by atomic mass is 16.5. The second-order valence-electron chi connectivity index (χ2n) is 2.06. The van der Waals surface area contributed by atoms with Crippen molar-refractivity contribution in [1.29, 1.82) is 0 Å². The topological polar surface area (TPSA) is 52.3 Å². The van der Waals surface area contributed by atoms with E-state index >= 15 is 0 Å². The minimum absolute atomic E-state index is 0.186. The molecule has 0 saturated carbocycles. The standard InChI is InChI=1S/C8H9NO3/c1-3-4-7-9-6(5-12-7)8(10)11-2/h3-5H,1-2H3/b4-3+. The van der Waals surface area contributed by atoms with Gasteiger partial charge < -0.3 is 9.15 Å². The molecule has 0 radical (unpaired) electrons. The molecule has 12 heavy (non-hydrogen) atoms. The average Bonchev–Trinajstić information content (AvgIpc) is 2.52. The van der Waals surface area contributed by atoms with Crippen molar-refractivity contribution in [2.45, 2.75) is 6.92 Å². The van der Waals surface area contributed by atoms with Gasteiger partial charge in [0, 0.05) is 0 Å². The third-order valence-electron chi connectivity index (χ3n) is 1.23. The molecule has 0 aliphatic rings. The summed E-state index contributed by atoms with van der Waals surface area (Å²) in [4.78, 5) is 14.7. The zero-order valence-corrected chi connectivity index (χ0v) is 6.90. The lowest BCUT2D eigenvalue weighted by Gasteiger charge is -1.88. The maximum absolute atomic E-state index is 10.9. The van der Waals surface area contributed by atoms with Crippen molar-refractivity contribution in [1.82, 2.24) is 4.98 Å². The molecule has 4 nitrogen and oxygen atoms in total. The minimum atomic E-state index is -0.491. The fourth-order valence-electron chi connectivity index (χ4n) is 0.705. The van der Waals surface area contributed by atoms with Crippen LogP contribution in [0.2, 0.25) is 0 Å². The van der Waals surface area contributed by atoms with Crippen LogP contribution < -0.4 is 0 Å². The van der Waals surface area contributed by atoms with Crippen LogP contribution in [0.15, 0.2) is 16.8 Å². The van der Waals surface area contributed by atoms with Gasteiger partial charge in [-0.3, -0.25) is 0 Å². The van der Waals surface area contributed by atoms with Gasteiger partial charge in [0.05, 0.1) is 7.11 Å². The summed E-state index contributed by atoms with van der Waals surface area (Å²) >= 11 is 0. The summed E-state index contributed by atoms with van der Waals surface area (Å²) in [7, 11) is 1.30. The number of esters is 1. The molecule has 0 aliphatic carbocycles. The lowest BCUT2D eigenvalue weighted by molar-refractivity contribution is 0.0594. The van der Waals surface area contributed by atoms with Crippen molar-refractivity contribution < 1.29 is 13.9 Å². The quantitative estimate of drug-likeness (QED) is 0.626. The molecule has 1 aromatic heterocycles. The lowest BCUT2D eigenvalue weighted by atomic mass is 10.5. The van der Waals surface area contributed by atoms with E-state index in [2.05, 4.69) is 9.72 Å². The number of carbonyl (C=O) groups is 1. The molecule has 0 amide bonds. The van der Waals surface area contributed by atoms with Gasteiger partial charge in [-0.1, -0.05) is 6.08 Å². The minimum Gasteiger partial charge on any atom is -0.464 e. The number of hydrogen-bond acceptors (Lipinski definition) is 4. The zero-order chi connectivity index (χ0) is 8.97. The van der Waals surface area contributed by atoms with E-state index in [4.69, 9.17) is 4.42 Å². The Bertz CT molecular complexity index is 301. The number of methoxy groups -OCH3 is 1. The zero-order valence-electron chi connectivity index (χ0n) is 6.90. The summed E-state index contributed by atoms with van der Waals surface area (Å²) in [5.74, 6) is -0.0904. The largest absolute Gasteiger partial charge is 0.464 e. The number of ether oxygens (including phenoxy) is 1. The fourth-order valence-corrected chi connectivity index (χ4v) is 0.705. The summed E-state index contributed by atoms with van der Waals surface area (Å²) in [5.41, 5.74) is 0.186. The van der Waals surface area contributed by atoms with E-state index in [0.29, 0.717) is 5.89 Å². The van der Waals surface area contributed by atoms with Gasteiger partial charge in [-0.25, -0.2) is 9.78 Å². The molecule has 0 spiro atoms. The van der Waals surface area contributed by atoms with Crippen LogP contribution in [0.3, 0.4) is 0 Å². The number of allylic oxidation sites excluding steroid dienone is 1. The Kier molecular flexibility index (Phi) is 2.63. The Labute approximate surface area is 69.9 Å². The average molecular weight is 167 g/mol. The molecule has 1 heterocycles. The highest BCUT2D eigenvalue weighted by molar-refractivity contribution is 5.86. The van der Waals surface area contributed by atoms with Crippen molar-refractivity contribution in [3.8, 4) is 0 Å². The molecule has 1 aromatic rings. The van der Waals surface area contributed by atoms with Crippen molar-refractivity contribution in [2.24, 2.45) is 0 Å². The van der Waals surface area contributed by atoms with Gasteiger partial charge >= 0.3 is 5.97 Å². The Morgan fingerprint density at radius 1 is 1.75 bits per heavy atom. The van der Waals surface area contributed by atoms with E-state index < -0.39 is 5.97 Å². The van der Waals surface area contributed by atoms with E-state index in [0.717, 1.165) is 0 Å². The Morgan fingerprint density at radius 2 is 2.50 bits per heavy atom. The molecule has 1 rings (SSSR count). The third kappa shape index (κ3) is 1.72. The predicted molar refractivity (Wildman–Crippen MR) is 42.6 cm³/mol. The van der Waals surface area contributed by atoms with E-state index in [-0.39, 0.29) is 5.69 Å². The first kappa shape index (κ1) is 8.52. The first-order valence-electron chi connectivity index (χ1n) is 3.44. The molecule has 0 aromatic carbocycles. The molecule has 0 fully saturated rings. The highest BCUT2D eigenvalue weighted by Crippen LogP contribution is 2.04. The van der Waals surface area contributed by atoms with Crippen LogP contribution >= 0.6 is 0 Å².